The van der Waals surface area contributed by atoms with Gasteiger partial charge in [0.15, 0.2) is 0 Å². The summed E-state index contributed by atoms with van der Waals surface area (Å²) in [6.45, 7) is 18.9. The van der Waals surface area contributed by atoms with E-state index in [0.717, 1.165) is 13.0 Å². The lowest BCUT2D eigenvalue weighted by Crippen LogP contribution is -2.26. The molecule has 1 rings (SSSR count). The van der Waals surface area contributed by atoms with E-state index in [9.17, 15) is 0 Å². The third-order valence-electron chi connectivity index (χ3n) is 4.00. The molecule has 0 aliphatic rings. The molecule has 0 saturated heterocycles. The fourth-order valence-electron chi connectivity index (χ4n) is 3.19. The monoisotopic (exact) mass is 290 g/mol. The van der Waals surface area contributed by atoms with Crippen molar-refractivity contribution in [1.29, 1.82) is 0 Å². The van der Waals surface area contributed by atoms with Crippen LogP contribution in [-0.4, -0.2) is 6.61 Å². The fourth-order valence-corrected chi connectivity index (χ4v) is 3.19. The van der Waals surface area contributed by atoms with Gasteiger partial charge in [0.25, 0.3) is 0 Å². The SMILES string of the molecule is CCCOC(C)(C)c1ccc(C(C)(C)CC(C)(C)C)cc1. The van der Waals surface area contributed by atoms with Crippen molar-refractivity contribution < 1.29 is 4.74 Å². The maximum atomic E-state index is 5.97. The van der Waals surface area contributed by atoms with Crippen molar-refractivity contribution in [1.82, 2.24) is 0 Å². The molecule has 0 aliphatic carbocycles. The number of benzene rings is 1. The molecule has 0 N–H and O–H groups in total. The van der Waals surface area contributed by atoms with Crippen LogP contribution >= 0.6 is 0 Å². The van der Waals surface area contributed by atoms with Crippen LogP contribution in [0.25, 0.3) is 0 Å². The van der Waals surface area contributed by atoms with E-state index in [4.69, 9.17) is 4.74 Å². The van der Waals surface area contributed by atoms with Crippen molar-refractivity contribution in [2.75, 3.05) is 6.61 Å². The molecule has 0 aliphatic heterocycles. The summed E-state index contributed by atoms with van der Waals surface area (Å²) in [5.41, 5.74) is 3.00. The summed E-state index contributed by atoms with van der Waals surface area (Å²) in [5, 5.41) is 0. The van der Waals surface area contributed by atoms with E-state index in [0.29, 0.717) is 5.41 Å². The van der Waals surface area contributed by atoms with Gasteiger partial charge in [0.05, 0.1) is 5.60 Å². The Balaban J connectivity index is 2.92. The van der Waals surface area contributed by atoms with E-state index >= 15 is 0 Å². The molecule has 0 atom stereocenters. The first-order valence-electron chi connectivity index (χ1n) is 8.23. The maximum absolute atomic E-state index is 5.97. The molecule has 0 radical (unpaired) electrons. The van der Waals surface area contributed by atoms with Crippen molar-refractivity contribution >= 4 is 0 Å². The number of ether oxygens (including phenoxy) is 1. The summed E-state index contributed by atoms with van der Waals surface area (Å²) >= 11 is 0. The normalized spacial score (nSPS) is 13.5. The Bertz CT molecular complexity index is 432. The summed E-state index contributed by atoms with van der Waals surface area (Å²) in [7, 11) is 0. The molecule has 1 nitrogen and oxygen atoms in total. The molecule has 0 fully saturated rings. The minimum absolute atomic E-state index is 0.200. The Hall–Kier alpha value is -0.820. The van der Waals surface area contributed by atoms with Gasteiger partial charge < -0.3 is 4.74 Å². The smallest absolute Gasteiger partial charge is 0.0875 e. The molecular weight excluding hydrogens is 256 g/mol. The second-order valence-corrected chi connectivity index (χ2v) is 8.56. The molecule has 0 heterocycles. The van der Waals surface area contributed by atoms with Gasteiger partial charge in [0.2, 0.25) is 0 Å². The minimum atomic E-state index is -0.206. The standard InChI is InChI=1S/C20H34O/c1-9-14-21-20(7,8)17-12-10-16(11-13-17)19(5,6)15-18(2,3)4/h10-13H,9,14-15H2,1-8H3. The van der Waals surface area contributed by atoms with Crippen LogP contribution in [0.2, 0.25) is 0 Å². The Kier molecular flexibility index (Phi) is 5.66. The summed E-state index contributed by atoms with van der Waals surface area (Å²) in [6.07, 6.45) is 2.23. The van der Waals surface area contributed by atoms with E-state index in [1.54, 1.807) is 0 Å². The summed E-state index contributed by atoms with van der Waals surface area (Å²) in [4.78, 5) is 0. The van der Waals surface area contributed by atoms with Crippen LogP contribution in [0.15, 0.2) is 24.3 Å². The lowest BCUT2D eigenvalue weighted by molar-refractivity contribution is -0.0212. The van der Waals surface area contributed by atoms with Gasteiger partial charge in [-0.2, -0.15) is 0 Å². The van der Waals surface area contributed by atoms with Gasteiger partial charge in [0, 0.05) is 6.61 Å². The third kappa shape index (κ3) is 5.47. The number of rotatable bonds is 6. The molecule has 0 spiro atoms. The number of hydrogen-bond acceptors (Lipinski definition) is 1. The average molecular weight is 290 g/mol. The Morgan fingerprint density at radius 1 is 0.810 bits per heavy atom. The largest absolute Gasteiger partial charge is 0.371 e. The highest BCUT2D eigenvalue weighted by Crippen LogP contribution is 2.37. The topological polar surface area (TPSA) is 9.23 Å². The van der Waals surface area contributed by atoms with Crippen molar-refractivity contribution in [2.45, 2.75) is 79.2 Å². The van der Waals surface area contributed by atoms with Gasteiger partial charge in [0.1, 0.15) is 0 Å². The molecule has 1 aromatic rings. The van der Waals surface area contributed by atoms with Crippen LogP contribution in [0.5, 0.6) is 0 Å². The van der Waals surface area contributed by atoms with Crippen LogP contribution in [0.4, 0.5) is 0 Å². The van der Waals surface area contributed by atoms with Crippen LogP contribution in [-0.2, 0) is 15.8 Å². The lowest BCUT2D eigenvalue weighted by Gasteiger charge is -2.33. The van der Waals surface area contributed by atoms with Crippen LogP contribution in [0.3, 0.4) is 0 Å². The molecule has 1 heteroatoms. The maximum Gasteiger partial charge on any atom is 0.0875 e. The first kappa shape index (κ1) is 18.2. The molecule has 0 amide bonds. The Labute approximate surface area is 132 Å². The Morgan fingerprint density at radius 3 is 1.71 bits per heavy atom. The average Bonchev–Trinajstić information content (AvgIpc) is 2.34. The predicted octanol–water partition coefficient (Wildman–Crippen LogP) is 6.06. The first-order chi connectivity index (χ1) is 9.48. The highest BCUT2D eigenvalue weighted by Gasteiger charge is 2.28. The highest BCUT2D eigenvalue weighted by molar-refractivity contribution is 5.31. The second-order valence-electron chi connectivity index (χ2n) is 8.56. The molecule has 0 saturated carbocycles. The molecule has 0 aromatic heterocycles. The molecular formula is C20H34O. The fraction of sp³-hybridized carbons (Fsp3) is 0.700. The summed E-state index contributed by atoms with van der Waals surface area (Å²) in [5.74, 6) is 0. The van der Waals surface area contributed by atoms with Gasteiger partial charge in [-0.05, 0) is 48.6 Å². The van der Waals surface area contributed by atoms with Gasteiger partial charge in [-0.25, -0.2) is 0 Å². The van der Waals surface area contributed by atoms with Crippen molar-refractivity contribution in [3.05, 3.63) is 35.4 Å². The zero-order valence-corrected chi connectivity index (χ0v) is 15.3. The molecule has 1 aromatic carbocycles. The van der Waals surface area contributed by atoms with Crippen LogP contribution in [0.1, 0.15) is 79.4 Å². The highest BCUT2D eigenvalue weighted by atomic mass is 16.5. The molecule has 120 valence electrons. The van der Waals surface area contributed by atoms with Gasteiger partial charge in [-0.3, -0.25) is 0 Å². The van der Waals surface area contributed by atoms with Gasteiger partial charge >= 0.3 is 0 Å². The first-order valence-corrected chi connectivity index (χ1v) is 8.23. The lowest BCUT2D eigenvalue weighted by atomic mass is 9.72. The zero-order valence-electron chi connectivity index (χ0n) is 15.3. The van der Waals surface area contributed by atoms with Gasteiger partial charge in [-0.15, -0.1) is 0 Å². The van der Waals surface area contributed by atoms with E-state index in [1.807, 2.05) is 0 Å². The van der Waals surface area contributed by atoms with E-state index in [1.165, 1.54) is 17.5 Å². The molecule has 0 bridgehead atoms. The molecule has 21 heavy (non-hydrogen) atoms. The van der Waals surface area contributed by atoms with Crippen molar-refractivity contribution in [3.8, 4) is 0 Å². The Morgan fingerprint density at radius 2 is 1.29 bits per heavy atom. The summed E-state index contributed by atoms with van der Waals surface area (Å²) < 4.78 is 5.97. The van der Waals surface area contributed by atoms with E-state index in [2.05, 4.69) is 79.7 Å². The van der Waals surface area contributed by atoms with Crippen LogP contribution < -0.4 is 0 Å². The molecule has 0 unspecified atom stereocenters. The zero-order chi connectivity index (χ0) is 16.3. The summed E-state index contributed by atoms with van der Waals surface area (Å²) in [6, 6.07) is 9.01. The number of hydrogen-bond donors (Lipinski definition) is 0. The third-order valence-corrected chi connectivity index (χ3v) is 4.00. The predicted molar refractivity (Wildman–Crippen MR) is 92.8 cm³/mol. The second kappa shape index (κ2) is 6.52. The van der Waals surface area contributed by atoms with E-state index in [-0.39, 0.29) is 11.0 Å². The van der Waals surface area contributed by atoms with E-state index < -0.39 is 0 Å². The quantitative estimate of drug-likeness (QED) is 0.618. The van der Waals surface area contributed by atoms with Crippen LogP contribution in [0, 0.1) is 5.41 Å². The van der Waals surface area contributed by atoms with Crippen molar-refractivity contribution in [2.24, 2.45) is 5.41 Å². The minimum Gasteiger partial charge on any atom is -0.371 e. The van der Waals surface area contributed by atoms with Crippen molar-refractivity contribution in [3.63, 3.8) is 0 Å². The van der Waals surface area contributed by atoms with Gasteiger partial charge in [-0.1, -0.05) is 65.8 Å².